The number of allylic oxidation sites excluding steroid dienone is 2. The first-order valence-electron chi connectivity index (χ1n) is 6.56. The molecule has 15 heavy (non-hydrogen) atoms. The second-order valence-corrected chi connectivity index (χ2v) is 5.83. The molecule has 1 N–H and O–H groups in total. The van der Waals surface area contributed by atoms with Crippen LogP contribution in [0, 0.1) is 17.8 Å². The van der Waals surface area contributed by atoms with E-state index < -0.39 is 0 Å². The van der Waals surface area contributed by atoms with Crippen LogP contribution in [0.5, 0.6) is 0 Å². The molecule has 0 aliphatic heterocycles. The summed E-state index contributed by atoms with van der Waals surface area (Å²) in [6, 6.07) is 0.756. The molecule has 0 amide bonds. The molecule has 0 saturated heterocycles. The van der Waals surface area contributed by atoms with Crippen LogP contribution in [0.25, 0.3) is 0 Å². The number of hydrogen-bond donors (Lipinski definition) is 1. The first-order valence-corrected chi connectivity index (χ1v) is 6.56. The van der Waals surface area contributed by atoms with E-state index in [-0.39, 0.29) is 0 Å². The molecule has 0 aromatic carbocycles. The molecule has 3 atom stereocenters. The Morgan fingerprint density at radius 1 is 1.47 bits per heavy atom. The molecule has 0 radical (unpaired) electrons. The van der Waals surface area contributed by atoms with Gasteiger partial charge in [-0.15, -0.1) is 0 Å². The van der Waals surface area contributed by atoms with E-state index in [9.17, 15) is 0 Å². The Kier molecular flexibility index (Phi) is 3.50. The Hall–Kier alpha value is -0.300. The quantitative estimate of drug-likeness (QED) is 0.697. The fourth-order valence-electron chi connectivity index (χ4n) is 2.96. The summed E-state index contributed by atoms with van der Waals surface area (Å²) in [5.74, 6) is 2.66. The molecule has 1 saturated carbocycles. The Labute approximate surface area is 94.3 Å². The summed E-state index contributed by atoms with van der Waals surface area (Å²) in [7, 11) is 0. The van der Waals surface area contributed by atoms with Gasteiger partial charge in [0.15, 0.2) is 0 Å². The van der Waals surface area contributed by atoms with E-state index in [0.717, 1.165) is 23.8 Å². The molecule has 0 spiro atoms. The number of rotatable bonds is 4. The van der Waals surface area contributed by atoms with Crippen molar-refractivity contribution in [2.45, 2.75) is 52.5 Å². The number of nitrogens with one attached hydrogen (secondary N) is 1. The number of hydrogen-bond acceptors (Lipinski definition) is 1. The Morgan fingerprint density at radius 3 is 2.80 bits per heavy atom. The first kappa shape index (κ1) is 11.2. The Balaban J connectivity index is 1.72. The normalized spacial score (nSPS) is 33.7. The monoisotopic (exact) mass is 207 g/mol. The zero-order valence-electron chi connectivity index (χ0n) is 10.4. The van der Waals surface area contributed by atoms with Gasteiger partial charge in [0.2, 0.25) is 0 Å². The minimum absolute atomic E-state index is 0.756. The van der Waals surface area contributed by atoms with Crippen LogP contribution in [0.15, 0.2) is 11.6 Å². The van der Waals surface area contributed by atoms with Crippen LogP contribution < -0.4 is 5.32 Å². The summed E-state index contributed by atoms with van der Waals surface area (Å²) in [4.78, 5) is 0. The fourth-order valence-corrected chi connectivity index (χ4v) is 2.96. The van der Waals surface area contributed by atoms with Crippen LogP contribution in [0.4, 0.5) is 0 Å². The van der Waals surface area contributed by atoms with Crippen LogP contribution >= 0.6 is 0 Å². The summed E-state index contributed by atoms with van der Waals surface area (Å²) in [5.41, 5.74) is 1.60. The van der Waals surface area contributed by atoms with E-state index in [2.05, 4.69) is 32.2 Å². The van der Waals surface area contributed by atoms with Gasteiger partial charge in [0, 0.05) is 6.04 Å². The van der Waals surface area contributed by atoms with Gasteiger partial charge in [-0.25, -0.2) is 0 Å². The lowest BCUT2D eigenvalue weighted by atomic mass is 9.83. The summed E-state index contributed by atoms with van der Waals surface area (Å²) >= 11 is 0. The first-order chi connectivity index (χ1) is 7.15. The molecular weight excluding hydrogens is 182 g/mol. The fraction of sp³-hybridized carbons (Fsp3) is 0.857. The maximum atomic E-state index is 3.73. The third-order valence-electron chi connectivity index (χ3n) is 3.94. The van der Waals surface area contributed by atoms with Crippen molar-refractivity contribution in [3.8, 4) is 0 Å². The largest absolute Gasteiger partial charge is 0.314 e. The van der Waals surface area contributed by atoms with E-state index >= 15 is 0 Å². The zero-order chi connectivity index (χ0) is 10.8. The highest BCUT2D eigenvalue weighted by atomic mass is 14.9. The van der Waals surface area contributed by atoms with E-state index in [1.807, 2.05) is 0 Å². The van der Waals surface area contributed by atoms with Crippen LogP contribution in [0.2, 0.25) is 0 Å². The molecule has 2 aliphatic carbocycles. The maximum Gasteiger partial charge on any atom is 0.00671 e. The lowest BCUT2D eigenvalue weighted by molar-refractivity contribution is 0.355. The predicted molar refractivity (Wildman–Crippen MR) is 65.8 cm³/mol. The standard InChI is InChI=1S/C14H25N/c1-10-6-11(2)8-13(7-10)9-15-12(3)14-4-5-14/h6,10,12-15H,4-5,7-9H2,1-3H3. The molecular formula is C14H25N. The van der Waals surface area contributed by atoms with Gasteiger partial charge in [-0.3, -0.25) is 0 Å². The van der Waals surface area contributed by atoms with E-state index in [0.29, 0.717) is 0 Å². The molecule has 1 heteroatoms. The van der Waals surface area contributed by atoms with Gasteiger partial charge in [-0.05, 0) is 63.8 Å². The van der Waals surface area contributed by atoms with E-state index in [1.54, 1.807) is 5.57 Å². The lowest BCUT2D eigenvalue weighted by Gasteiger charge is -2.27. The van der Waals surface area contributed by atoms with Gasteiger partial charge in [-0.1, -0.05) is 18.6 Å². The van der Waals surface area contributed by atoms with Gasteiger partial charge in [0.05, 0.1) is 0 Å². The summed E-state index contributed by atoms with van der Waals surface area (Å²) in [5, 5.41) is 3.73. The zero-order valence-corrected chi connectivity index (χ0v) is 10.4. The maximum absolute atomic E-state index is 3.73. The third-order valence-corrected chi connectivity index (χ3v) is 3.94. The molecule has 2 rings (SSSR count). The van der Waals surface area contributed by atoms with Crippen LogP contribution in [-0.2, 0) is 0 Å². The average molecular weight is 207 g/mol. The van der Waals surface area contributed by atoms with Crippen LogP contribution in [0.3, 0.4) is 0 Å². The minimum Gasteiger partial charge on any atom is -0.314 e. The molecule has 2 aliphatic rings. The van der Waals surface area contributed by atoms with Crippen molar-refractivity contribution in [1.29, 1.82) is 0 Å². The van der Waals surface area contributed by atoms with Crippen LogP contribution in [-0.4, -0.2) is 12.6 Å². The van der Waals surface area contributed by atoms with Gasteiger partial charge in [0.25, 0.3) is 0 Å². The highest BCUT2D eigenvalue weighted by Crippen LogP contribution is 2.33. The second kappa shape index (κ2) is 4.69. The van der Waals surface area contributed by atoms with Gasteiger partial charge in [0.1, 0.15) is 0 Å². The topological polar surface area (TPSA) is 12.0 Å². The summed E-state index contributed by atoms with van der Waals surface area (Å²) in [6.07, 6.45) is 8.04. The SMILES string of the molecule is CC1=CC(C)CC(CNC(C)C2CC2)C1. The predicted octanol–water partition coefficient (Wildman–Crippen LogP) is 3.37. The van der Waals surface area contributed by atoms with Crippen molar-refractivity contribution in [3.05, 3.63) is 11.6 Å². The van der Waals surface area contributed by atoms with Crippen molar-refractivity contribution >= 4 is 0 Å². The van der Waals surface area contributed by atoms with E-state index in [4.69, 9.17) is 0 Å². The molecule has 0 aromatic rings. The van der Waals surface area contributed by atoms with Gasteiger partial charge < -0.3 is 5.32 Å². The van der Waals surface area contributed by atoms with Crippen molar-refractivity contribution in [1.82, 2.24) is 5.32 Å². The smallest absolute Gasteiger partial charge is 0.00671 e. The average Bonchev–Trinajstić information content (AvgIpc) is 2.95. The Bertz CT molecular complexity index is 240. The minimum atomic E-state index is 0.756. The molecule has 86 valence electrons. The van der Waals surface area contributed by atoms with Gasteiger partial charge in [-0.2, -0.15) is 0 Å². The highest BCUT2D eigenvalue weighted by molar-refractivity contribution is 5.06. The Morgan fingerprint density at radius 2 is 2.20 bits per heavy atom. The van der Waals surface area contributed by atoms with Gasteiger partial charge >= 0.3 is 0 Å². The van der Waals surface area contributed by atoms with E-state index in [1.165, 1.54) is 32.2 Å². The second-order valence-electron chi connectivity index (χ2n) is 5.83. The third kappa shape index (κ3) is 3.34. The molecule has 0 heterocycles. The van der Waals surface area contributed by atoms with Crippen molar-refractivity contribution in [3.63, 3.8) is 0 Å². The molecule has 3 unspecified atom stereocenters. The van der Waals surface area contributed by atoms with Crippen molar-refractivity contribution in [2.75, 3.05) is 6.54 Å². The summed E-state index contributed by atoms with van der Waals surface area (Å²) in [6.45, 7) is 8.22. The molecule has 1 fully saturated rings. The molecule has 0 bridgehead atoms. The highest BCUT2D eigenvalue weighted by Gasteiger charge is 2.28. The van der Waals surface area contributed by atoms with Crippen LogP contribution in [0.1, 0.15) is 46.5 Å². The molecule has 1 nitrogen and oxygen atoms in total. The van der Waals surface area contributed by atoms with Crippen molar-refractivity contribution < 1.29 is 0 Å². The summed E-state index contributed by atoms with van der Waals surface area (Å²) < 4.78 is 0. The molecule has 0 aromatic heterocycles. The lowest BCUT2D eigenvalue weighted by Crippen LogP contribution is -2.34. The van der Waals surface area contributed by atoms with Crippen molar-refractivity contribution in [2.24, 2.45) is 17.8 Å².